The molecule has 0 atom stereocenters. The predicted molar refractivity (Wildman–Crippen MR) is 116 cm³/mol. The first kappa shape index (κ1) is 19.2. The molecule has 1 aliphatic heterocycles. The normalized spacial score (nSPS) is 13.7. The fourth-order valence-electron chi connectivity index (χ4n) is 3.79. The van der Waals surface area contributed by atoms with Crippen molar-refractivity contribution in [2.75, 3.05) is 6.54 Å². The topological polar surface area (TPSA) is 101 Å². The van der Waals surface area contributed by atoms with E-state index in [1.807, 2.05) is 43.5 Å². The lowest BCUT2D eigenvalue weighted by atomic mass is 10.1. The van der Waals surface area contributed by atoms with Crippen LogP contribution in [0, 0.1) is 6.92 Å². The Kier molecular flexibility index (Phi) is 5.05. The Labute approximate surface area is 179 Å². The van der Waals surface area contributed by atoms with E-state index >= 15 is 0 Å². The van der Waals surface area contributed by atoms with E-state index in [0.717, 1.165) is 34.9 Å². The van der Waals surface area contributed by atoms with Crippen LogP contribution in [-0.2, 0) is 19.5 Å². The summed E-state index contributed by atoms with van der Waals surface area (Å²) in [5.41, 5.74) is 5.16. The fourth-order valence-corrected chi connectivity index (χ4v) is 3.79. The highest BCUT2D eigenvalue weighted by molar-refractivity contribution is 5.54. The molecular formula is C23H21N7O. The highest BCUT2D eigenvalue weighted by Crippen LogP contribution is 2.21. The minimum atomic E-state index is -0.110. The zero-order chi connectivity index (χ0) is 21.2. The summed E-state index contributed by atoms with van der Waals surface area (Å²) in [7, 11) is 0. The number of aryl methyl sites for hydroxylation is 1. The molecule has 8 heteroatoms. The number of fused-ring (bicyclic) bond motifs is 1. The molecule has 0 saturated heterocycles. The van der Waals surface area contributed by atoms with Crippen molar-refractivity contribution in [3.8, 4) is 22.8 Å². The largest absolute Gasteiger partial charge is 0.306 e. The molecule has 0 bridgehead atoms. The molecule has 0 unspecified atom stereocenters. The summed E-state index contributed by atoms with van der Waals surface area (Å²) in [5.74, 6) is 1.24. The van der Waals surface area contributed by atoms with E-state index in [4.69, 9.17) is 0 Å². The van der Waals surface area contributed by atoms with Crippen LogP contribution in [0.4, 0.5) is 0 Å². The average molecular weight is 411 g/mol. The predicted octanol–water partition coefficient (Wildman–Crippen LogP) is 2.55. The maximum absolute atomic E-state index is 12.7. The van der Waals surface area contributed by atoms with Crippen molar-refractivity contribution in [1.82, 2.24) is 34.8 Å². The van der Waals surface area contributed by atoms with Crippen LogP contribution in [0.2, 0.25) is 0 Å². The number of nitrogens with one attached hydrogen (secondary N) is 1. The minimum absolute atomic E-state index is 0.110. The van der Waals surface area contributed by atoms with Crippen molar-refractivity contribution in [3.63, 3.8) is 0 Å². The zero-order valence-electron chi connectivity index (χ0n) is 17.1. The van der Waals surface area contributed by atoms with Gasteiger partial charge in [0.05, 0.1) is 16.8 Å². The van der Waals surface area contributed by atoms with Crippen LogP contribution < -0.4 is 5.56 Å². The minimum Gasteiger partial charge on any atom is -0.306 e. The molecule has 1 aliphatic rings. The number of aromatic amines is 1. The lowest BCUT2D eigenvalue weighted by molar-refractivity contribution is 0.241. The molecule has 4 heterocycles. The number of hydrogen-bond donors (Lipinski definition) is 1. The molecular weight excluding hydrogens is 390 g/mol. The summed E-state index contributed by atoms with van der Waals surface area (Å²) in [6.45, 7) is 4.05. The van der Waals surface area contributed by atoms with Crippen molar-refractivity contribution >= 4 is 0 Å². The third kappa shape index (κ3) is 3.97. The number of benzene rings is 1. The first-order valence-corrected chi connectivity index (χ1v) is 10.1. The van der Waals surface area contributed by atoms with Gasteiger partial charge in [0.2, 0.25) is 0 Å². The van der Waals surface area contributed by atoms with E-state index in [2.05, 4.69) is 34.8 Å². The van der Waals surface area contributed by atoms with Crippen LogP contribution in [0.5, 0.6) is 0 Å². The monoisotopic (exact) mass is 411 g/mol. The van der Waals surface area contributed by atoms with Crippen LogP contribution in [0.1, 0.15) is 22.5 Å². The first-order valence-electron chi connectivity index (χ1n) is 10.1. The van der Waals surface area contributed by atoms with Crippen molar-refractivity contribution in [2.45, 2.75) is 26.4 Å². The van der Waals surface area contributed by atoms with Gasteiger partial charge in [-0.25, -0.2) is 24.9 Å². The smallest absolute Gasteiger partial charge is 0.255 e. The molecule has 5 rings (SSSR count). The van der Waals surface area contributed by atoms with Crippen molar-refractivity contribution < 1.29 is 0 Å². The summed E-state index contributed by atoms with van der Waals surface area (Å²) >= 11 is 0. The summed E-state index contributed by atoms with van der Waals surface area (Å²) in [6.07, 6.45) is 7.35. The van der Waals surface area contributed by atoms with Gasteiger partial charge in [-0.1, -0.05) is 30.3 Å². The van der Waals surface area contributed by atoms with E-state index in [-0.39, 0.29) is 5.56 Å². The van der Waals surface area contributed by atoms with Gasteiger partial charge in [-0.3, -0.25) is 9.69 Å². The Morgan fingerprint density at radius 2 is 1.84 bits per heavy atom. The van der Waals surface area contributed by atoms with Crippen molar-refractivity contribution in [1.29, 1.82) is 0 Å². The number of aromatic nitrogens is 6. The van der Waals surface area contributed by atoms with E-state index in [1.54, 1.807) is 12.4 Å². The molecule has 4 aromatic rings. The second-order valence-corrected chi connectivity index (χ2v) is 7.60. The Morgan fingerprint density at radius 3 is 2.61 bits per heavy atom. The highest BCUT2D eigenvalue weighted by Gasteiger charge is 2.22. The van der Waals surface area contributed by atoms with Crippen LogP contribution in [-0.4, -0.2) is 41.3 Å². The Morgan fingerprint density at radius 1 is 1.03 bits per heavy atom. The van der Waals surface area contributed by atoms with Gasteiger partial charge in [0, 0.05) is 61.5 Å². The van der Waals surface area contributed by atoms with Gasteiger partial charge >= 0.3 is 0 Å². The molecule has 8 nitrogen and oxygen atoms in total. The first-order chi connectivity index (χ1) is 15.2. The quantitative estimate of drug-likeness (QED) is 0.551. The van der Waals surface area contributed by atoms with Crippen LogP contribution in [0.15, 0.2) is 60.0 Å². The van der Waals surface area contributed by atoms with Gasteiger partial charge < -0.3 is 4.98 Å². The fraction of sp³-hybridized carbons (Fsp3) is 0.217. The van der Waals surface area contributed by atoms with Crippen LogP contribution in [0.3, 0.4) is 0 Å². The summed E-state index contributed by atoms with van der Waals surface area (Å²) in [4.78, 5) is 39.8. The summed E-state index contributed by atoms with van der Waals surface area (Å²) in [5, 5.41) is 0. The maximum Gasteiger partial charge on any atom is 0.255 e. The van der Waals surface area contributed by atoms with E-state index in [0.29, 0.717) is 36.5 Å². The standard InChI is InChI=1S/C23H21N7O/c1-15-18(11-26-21(27-15)16-5-3-2-4-6-16)12-30-8-7-20-19(13-30)23(31)29-22(28-20)17-9-24-14-25-10-17/h2-6,9-11,14H,7-8,12-13H2,1H3,(H,28,29,31). The number of hydrogen-bond acceptors (Lipinski definition) is 7. The molecule has 31 heavy (non-hydrogen) atoms. The molecule has 1 N–H and O–H groups in total. The van der Waals surface area contributed by atoms with Gasteiger partial charge in [-0.2, -0.15) is 0 Å². The Balaban J connectivity index is 1.35. The second kappa shape index (κ2) is 8.16. The molecule has 0 radical (unpaired) electrons. The SMILES string of the molecule is Cc1nc(-c2ccccc2)ncc1CN1CCc2nc(-c3cncnc3)[nH]c(=O)c2C1. The number of H-pyrrole nitrogens is 1. The van der Waals surface area contributed by atoms with Gasteiger partial charge in [-0.05, 0) is 6.92 Å². The number of nitrogens with zero attached hydrogens (tertiary/aromatic N) is 6. The molecule has 0 saturated carbocycles. The van der Waals surface area contributed by atoms with E-state index < -0.39 is 0 Å². The highest BCUT2D eigenvalue weighted by atomic mass is 16.1. The van der Waals surface area contributed by atoms with Gasteiger partial charge in [0.1, 0.15) is 12.2 Å². The molecule has 1 aromatic carbocycles. The van der Waals surface area contributed by atoms with E-state index in [1.165, 1.54) is 6.33 Å². The van der Waals surface area contributed by atoms with Gasteiger partial charge in [-0.15, -0.1) is 0 Å². The van der Waals surface area contributed by atoms with Crippen molar-refractivity contribution in [3.05, 3.63) is 88.1 Å². The summed E-state index contributed by atoms with van der Waals surface area (Å²) < 4.78 is 0. The molecule has 0 amide bonds. The molecule has 0 fully saturated rings. The number of rotatable bonds is 4. The van der Waals surface area contributed by atoms with Gasteiger partial charge in [0.15, 0.2) is 5.82 Å². The summed E-state index contributed by atoms with van der Waals surface area (Å²) in [6, 6.07) is 9.95. The Bertz CT molecular complexity index is 1270. The lowest BCUT2D eigenvalue weighted by Gasteiger charge is -2.28. The van der Waals surface area contributed by atoms with Gasteiger partial charge in [0.25, 0.3) is 5.56 Å². The van der Waals surface area contributed by atoms with Crippen molar-refractivity contribution in [2.24, 2.45) is 0 Å². The van der Waals surface area contributed by atoms with Crippen LogP contribution in [0.25, 0.3) is 22.8 Å². The van der Waals surface area contributed by atoms with E-state index in [9.17, 15) is 4.79 Å². The average Bonchev–Trinajstić information content (AvgIpc) is 2.82. The molecule has 0 spiro atoms. The maximum atomic E-state index is 12.7. The third-order valence-corrected chi connectivity index (χ3v) is 5.49. The second-order valence-electron chi connectivity index (χ2n) is 7.60. The zero-order valence-corrected chi connectivity index (χ0v) is 17.1. The Hall–Kier alpha value is -3.78. The van der Waals surface area contributed by atoms with Crippen LogP contribution >= 0.6 is 0 Å². The lowest BCUT2D eigenvalue weighted by Crippen LogP contribution is -2.35. The molecule has 154 valence electrons. The third-order valence-electron chi connectivity index (χ3n) is 5.49. The molecule has 3 aromatic heterocycles. The molecule has 0 aliphatic carbocycles.